The Hall–Kier alpha value is -5.03. The Bertz CT molecular complexity index is 1730. The molecule has 0 fully saturated rings. The standard InChI is InChI=1S/C33H25N5/c1-37-22-10-17-29-30(37)27-15-8-9-16-28(27)38(29)26-20-18-25(19-21-26)33-35-31(23-11-4-2-5-12-23)34-32(36-33)24-13-6-3-7-14-24/h2-21H,22H2,1H3. The van der Waals surface area contributed by atoms with Gasteiger partial charge in [0.2, 0.25) is 0 Å². The fourth-order valence-electron chi connectivity index (χ4n) is 5.19. The lowest BCUT2D eigenvalue weighted by Crippen LogP contribution is -2.20. The van der Waals surface area contributed by atoms with Crippen molar-refractivity contribution in [2.75, 3.05) is 18.5 Å². The van der Waals surface area contributed by atoms with Crippen LogP contribution in [0.1, 0.15) is 5.69 Å². The number of benzene rings is 4. The Morgan fingerprint density at radius 2 is 1.11 bits per heavy atom. The van der Waals surface area contributed by atoms with Gasteiger partial charge in [0.25, 0.3) is 0 Å². The minimum Gasteiger partial charge on any atom is -0.369 e. The summed E-state index contributed by atoms with van der Waals surface area (Å²) in [6, 6.07) is 37.2. The minimum atomic E-state index is 0.656. The Kier molecular flexibility index (Phi) is 5.33. The third-order valence-corrected chi connectivity index (χ3v) is 7.00. The first-order valence-corrected chi connectivity index (χ1v) is 12.7. The molecule has 5 heteroatoms. The highest BCUT2D eigenvalue weighted by Crippen LogP contribution is 2.38. The predicted molar refractivity (Wildman–Crippen MR) is 155 cm³/mol. The van der Waals surface area contributed by atoms with Crippen molar-refractivity contribution in [1.82, 2.24) is 19.5 Å². The molecule has 0 bridgehead atoms. The summed E-state index contributed by atoms with van der Waals surface area (Å²) < 4.78 is 2.33. The zero-order chi connectivity index (χ0) is 25.5. The van der Waals surface area contributed by atoms with Gasteiger partial charge in [-0.2, -0.15) is 0 Å². The van der Waals surface area contributed by atoms with Crippen molar-refractivity contribution in [1.29, 1.82) is 0 Å². The summed E-state index contributed by atoms with van der Waals surface area (Å²) in [5.74, 6) is 1.98. The number of hydrogen-bond acceptors (Lipinski definition) is 4. The molecule has 38 heavy (non-hydrogen) atoms. The molecule has 0 spiro atoms. The molecule has 0 amide bonds. The number of hydrogen-bond donors (Lipinski definition) is 0. The average Bonchev–Trinajstić information content (AvgIpc) is 3.33. The van der Waals surface area contributed by atoms with Crippen molar-refractivity contribution >= 4 is 22.7 Å². The van der Waals surface area contributed by atoms with Crippen LogP contribution in [-0.4, -0.2) is 33.1 Å². The Morgan fingerprint density at radius 1 is 0.579 bits per heavy atom. The second-order valence-corrected chi connectivity index (χ2v) is 9.45. The van der Waals surface area contributed by atoms with E-state index in [0.717, 1.165) is 28.9 Å². The van der Waals surface area contributed by atoms with E-state index in [9.17, 15) is 0 Å². The fraction of sp³-hybridized carbons (Fsp3) is 0.0606. The largest absolute Gasteiger partial charge is 0.369 e. The molecule has 0 aliphatic carbocycles. The summed E-state index contributed by atoms with van der Waals surface area (Å²) in [5, 5.41) is 1.26. The molecular weight excluding hydrogens is 466 g/mol. The number of anilines is 1. The highest BCUT2D eigenvalue weighted by Gasteiger charge is 2.21. The topological polar surface area (TPSA) is 46.8 Å². The van der Waals surface area contributed by atoms with Gasteiger partial charge in [0.05, 0.1) is 16.9 Å². The molecule has 2 aromatic heterocycles. The number of fused-ring (bicyclic) bond motifs is 3. The molecule has 0 unspecified atom stereocenters. The van der Waals surface area contributed by atoms with Crippen LogP contribution < -0.4 is 4.90 Å². The number of aromatic nitrogens is 4. The maximum absolute atomic E-state index is 4.88. The normalized spacial score (nSPS) is 12.6. The molecule has 0 saturated carbocycles. The lowest BCUT2D eigenvalue weighted by Gasteiger charge is -2.22. The third kappa shape index (κ3) is 3.76. The first-order chi connectivity index (χ1) is 18.8. The van der Waals surface area contributed by atoms with Gasteiger partial charge in [-0.05, 0) is 36.4 Å². The van der Waals surface area contributed by atoms with Crippen LogP contribution in [0.2, 0.25) is 0 Å². The monoisotopic (exact) mass is 491 g/mol. The van der Waals surface area contributed by atoms with Gasteiger partial charge in [-0.15, -0.1) is 0 Å². The first kappa shape index (κ1) is 22.2. The van der Waals surface area contributed by atoms with E-state index in [2.05, 4.69) is 77.2 Å². The molecular formula is C33H25N5. The second-order valence-electron chi connectivity index (χ2n) is 9.45. The fourth-order valence-corrected chi connectivity index (χ4v) is 5.19. The van der Waals surface area contributed by atoms with E-state index in [1.54, 1.807) is 0 Å². The van der Waals surface area contributed by atoms with Crippen molar-refractivity contribution < 1.29 is 0 Å². The molecule has 4 aromatic carbocycles. The molecule has 5 nitrogen and oxygen atoms in total. The number of likely N-dealkylation sites (N-methyl/N-ethyl adjacent to an activating group) is 1. The summed E-state index contributed by atoms with van der Waals surface area (Å²) in [6.07, 6.45) is 4.45. The molecule has 7 rings (SSSR count). The van der Waals surface area contributed by atoms with Crippen molar-refractivity contribution in [2.24, 2.45) is 0 Å². The van der Waals surface area contributed by atoms with E-state index in [1.165, 1.54) is 22.3 Å². The van der Waals surface area contributed by atoms with Gasteiger partial charge >= 0.3 is 0 Å². The van der Waals surface area contributed by atoms with Crippen LogP contribution in [0.25, 0.3) is 56.8 Å². The van der Waals surface area contributed by atoms with Crippen LogP contribution in [0, 0.1) is 0 Å². The molecule has 3 heterocycles. The van der Waals surface area contributed by atoms with Crippen LogP contribution in [0.3, 0.4) is 0 Å². The van der Waals surface area contributed by atoms with Gasteiger partial charge in [-0.1, -0.05) is 84.9 Å². The second kappa shape index (κ2) is 9.12. The molecule has 1 aliphatic heterocycles. The van der Waals surface area contributed by atoms with Gasteiger partial charge in [-0.25, -0.2) is 15.0 Å². The molecule has 0 N–H and O–H groups in total. The molecule has 1 aliphatic rings. The average molecular weight is 492 g/mol. The minimum absolute atomic E-state index is 0.656. The summed E-state index contributed by atoms with van der Waals surface area (Å²) >= 11 is 0. The lowest BCUT2D eigenvalue weighted by molar-refractivity contribution is 1.000. The van der Waals surface area contributed by atoms with Gasteiger partial charge in [-0.3, -0.25) is 0 Å². The van der Waals surface area contributed by atoms with Crippen molar-refractivity contribution in [3.8, 4) is 39.9 Å². The van der Waals surface area contributed by atoms with E-state index in [-0.39, 0.29) is 0 Å². The van der Waals surface area contributed by atoms with E-state index >= 15 is 0 Å². The van der Waals surface area contributed by atoms with E-state index in [1.807, 2.05) is 60.7 Å². The van der Waals surface area contributed by atoms with Crippen LogP contribution in [0.15, 0.2) is 115 Å². The smallest absolute Gasteiger partial charge is 0.164 e. The molecule has 0 atom stereocenters. The molecule has 0 saturated heterocycles. The van der Waals surface area contributed by atoms with Crippen molar-refractivity contribution in [3.63, 3.8) is 0 Å². The predicted octanol–water partition coefficient (Wildman–Crippen LogP) is 7.28. The van der Waals surface area contributed by atoms with Gasteiger partial charge < -0.3 is 9.47 Å². The van der Waals surface area contributed by atoms with Gasteiger partial charge in [0.15, 0.2) is 17.5 Å². The van der Waals surface area contributed by atoms with Crippen LogP contribution in [0.5, 0.6) is 0 Å². The van der Waals surface area contributed by atoms with Crippen LogP contribution in [0.4, 0.5) is 5.69 Å². The summed E-state index contributed by atoms with van der Waals surface area (Å²) in [7, 11) is 2.15. The zero-order valence-electron chi connectivity index (χ0n) is 21.0. The highest BCUT2D eigenvalue weighted by molar-refractivity contribution is 6.00. The Morgan fingerprint density at radius 3 is 1.71 bits per heavy atom. The van der Waals surface area contributed by atoms with E-state index in [4.69, 9.17) is 15.0 Å². The lowest BCUT2D eigenvalue weighted by atomic mass is 10.1. The SMILES string of the molecule is CN1CC=Cc2c1c1ccccc1n2-c1ccc(-c2nc(-c3ccccc3)nc(-c3ccccc3)n2)cc1. The maximum atomic E-state index is 4.88. The van der Waals surface area contributed by atoms with Crippen LogP contribution in [-0.2, 0) is 0 Å². The summed E-state index contributed by atoms with van der Waals surface area (Å²) in [4.78, 5) is 16.9. The quantitative estimate of drug-likeness (QED) is 0.260. The maximum Gasteiger partial charge on any atom is 0.164 e. The number of nitrogens with zero attached hydrogens (tertiary/aromatic N) is 5. The summed E-state index contributed by atoms with van der Waals surface area (Å²) in [6.45, 7) is 0.910. The van der Waals surface area contributed by atoms with Crippen molar-refractivity contribution in [2.45, 2.75) is 0 Å². The van der Waals surface area contributed by atoms with E-state index < -0.39 is 0 Å². The first-order valence-electron chi connectivity index (χ1n) is 12.7. The Balaban J connectivity index is 1.35. The molecule has 0 radical (unpaired) electrons. The molecule has 6 aromatic rings. The Labute approximate surface area is 221 Å². The summed E-state index contributed by atoms with van der Waals surface area (Å²) in [5.41, 5.74) is 7.64. The van der Waals surface area contributed by atoms with Crippen LogP contribution >= 0.6 is 0 Å². The van der Waals surface area contributed by atoms with Gasteiger partial charge in [0.1, 0.15) is 0 Å². The third-order valence-electron chi connectivity index (χ3n) is 7.00. The highest BCUT2D eigenvalue weighted by atomic mass is 15.1. The van der Waals surface area contributed by atoms with Crippen molar-refractivity contribution in [3.05, 3.63) is 121 Å². The van der Waals surface area contributed by atoms with Gasteiger partial charge in [0, 0.05) is 41.4 Å². The number of rotatable bonds is 4. The molecule has 182 valence electrons. The number of para-hydroxylation sites is 1. The van der Waals surface area contributed by atoms with E-state index in [0.29, 0.717) is 17.5 Å². The zero-order valence-corrected chi connectivity index (χ0v) is 21.0.